The Morgan fingerprint density at radius 3 is 2.68 bits per heavy atom. The van der Waals surface area contributed by atoms with E-state index in [1.165, 1.54) is 0 Å². The third-order valence-electron chi connectivity index (χ3n) is 3.19. The van der Waals surface area contributed by atoms with Gasteiger partial charge >= 0.3 is 0 Å². The molecule has 4 nitrogen and oxygen atoms in total. The summed E-state index contributed by atoms with van der Waals surface area (Å²) in [5.41, 5.74) is 1.11. The maximum atomic E-state index is 11.9. The Kier molecular flexibility index (Phi) is 6.36. The lowest BCUT2D eigenvalue weighted by molar-refractivity contribution is -0.136. The molecule has 0 aliphatic rings. The summed E-state index contributed by atoms with van der Waals surface area (Å²) in [6, 6.07) is 7.98. The average molecular weight is 265 g/mol. The lowest BCUT2D eigenvalue weighted by Gasteiger charge is -2.25. The van der Waals surface area contributed by atoms with Crippen LogP contribution in [-0.4, -0.2) is 44.2 Å². The SMILES string of the molecule is CCOCC(=O)N(C)C(C)Cc1ccccc1OC. The Labute approximate surface area is 115 Å². The molecular formula is C15H23NO3. The van der Waals surface area contributed by atoms with Crippen LogP contribution in [0.2, 0.25) is 0 Å². The molecule has 0 heterocycles. The van der Waals surface area contributed by atoms with Crippen LogP contribution in [0.15, 0.2) is 24.3 Å². The summed E-state index contributed by atoms with van der Waals surface area (Å²) in [4.78, 5) is 13.6. The van der Waals surface area contributed by atoms with Crippen LogP contribution >= 0.6 is 0 Å². The lowest BCUT2D eigenvalue weighted by atomic mass is 10.1. The second-order valence-corrected chi connectivity index (χ2v) is 4.51. The van der Waals surface area contributed by atoms with E-state index in [9.17, 15) is 4.79 Å². The molecule has 1 aromatic carbocycles. The molecule has 0 spiro atoms. The first-order chi connectivity index (χ1) is 9.10. The Bertz CT molecular complexity index is 406. The van der Waals surface area contributed by atoms with Crippen LogP contribution in [0.5, 0.6) is 5.75 Å². The molecule has 0 aliphatic carbocycles. The highest BCUT2D eigenvalue weighted by atomic mass is 16.5. The molecule has 1 amide bonds. The lowest BCUT2D eigenvalue weighted by Crippen LogP contribution is -2.38. The van der Waals surface area contributed by atoms with Gasteiger partial charge in [-0.05, 0) is 31.9 Å². The number of carbonyl (C=O) groups excluding carboxylic acids is 1. The van der Waals surface area contributed by atoms with E-state index in [1.807, 2.05) is 38.1 Å². The minimum atomic E-state index is 0.00393. The van der Waals surface area contributed by atoms with Crippen molar-refractivity contribution >= 4 is 5.91 Å². The van der Waals surface area contributed by atoms with Crippen molar-refractivity contribution in [2.45, 2.75) is 26.3 Å². The van der Waals surface area contributed by atoms with Crippen LogP contribution in [-0.2, 0) is 16.0 Å². The average Bonchev–Trinajstić information content (AvgIpc) is 2.44. The van der Waals surface area contributed by atoms with Gasteiger partial charge in [0.2, 0.25) is 5.91 Å². The van der Waals surface area contributed by atoms with Crippen molar-refractivity contribution in [1.29, 1.82) is 0 Å². The fraction of sp³-hybridized carbons (Fsp3) is 0.533. The molecule has 0 fully saturated rings. The van der Waals surface area contributed by atoms with E-state index < -0.39 is 0 Å². The first-order valence-electron chi connectivity index (χ1n) is 6.55. The van der Waals surface area contributed by atoms with Gasteiger partial charge < -0.3 is 14.4 Å². The summed E-state index contributed by atoms with van der Waals surface area (Å²) in [5.74, 6) is 0.865. The van der Waals surface area contributed by atoms with Crippen molar-refractivity contribution in [3.63, 3.8) is 0 Å². The summed E-state index contributed by atoms with van der Waals surface area (Å²) < 4.78 is 10.5. The van der Waals surface area contributed by atoms with E-state index in [0.717, 1.165) is 17.7 Å². The number of nitrogens with zero attached hydrogens (tertiary/aromatic N) is 1. The minimum Gasteiger partial charge on any atom is -0.496 e. The third kappa shape index (κ3) is 4.56. The largest absolute Gasteiger partial charge is 0.496 e. The molecular weight excluding hydrogens is 242 g/mol. The first-order valence-corrected chi connectivity index (χ1v) is 6.55. The van der Waals surface area contributed by atoms with E-state index >= 15 is 0 Å². The van der Waals surface area contributed by atoms with Crippen molar-refractivity contribution in [3.8, 4) is 5.75 Å². The summed E-state index contributed by atoms with van der Waals surface area (Å²) in [6.45, 7) is 4.60. The predicted octanol–water partition coefficient (Wildman–Crippen LogP) is 2.12. The van der Waals surface area contributed by atoms with Crippen molar-refractivity contribution in [3.05, 3.63) is 29.8 Å². The maximum absolute atomic E-state index is 11.9. The molecule has 19 heavy (non-hydrogen) atoms. The number of hydrogen-bond donors (Lipinski definition) is 0. The third-order valence-corrected chi connectivity index (χ3v) is 3.19. The first kappa shape index (κ1) is 15.5. The highest BCUT2D eigenvalue weighted by molar-refractivity contribution is 5.77. The van der Waals surface area contributed by atoms with Crippen LogP contribution < -0.4 is 4.74 Å². The normalized spacial score (nSPS) is 12.0. The molecule has 1 unspecified atom stereocenters. The maximum Gasteiger partial charge on any atom is 0.248 e. The van der Waals surface area contributed by atoms with Gasteiger partial charge in [-0.3, -0.25) is 4.79 Å². The zero-order valence-electron chi connectivity index (χ0n) is 12.2. The monoisotopic (exact) mass is 265 g/mol. The van der Waals surface area contributed by atoms with Crippen LogP contribution in [0.3, 0.4) is 0 Å². The van der Waals surface area contributed by atoms with E-state index in [-0.39, 0.29) is 18.6 Å². The van der Waals surface area contributed by atoms with Gasteiger partial charge in [0.15, 0.2) is 0 Å². The van der Waals surface area contributed by atoms with Gasteiger partial charge in [0, 0.05) is 19.7 Å². The smallest absolute Gasteiger partial charge is 0.248 e. The van der Waals surface area contributed by atoms with Gasteiger partial charge in [0.1, 0.15) is 12.4 Å². The number of likely N-dealkylation sites (N-methyl/N-ethyl adjacent to an activating group) is 1. The van der Waals surface area contributed by atoms with E-state index in [0.29, 0.717) is 6.61 Å². The fourth-order valence-corrected chi connectivity index (χ4v) is 1.86. The van der Waals surface area contributed by atoms with Gasteiger partial charge in [-0.2, -0.15) is 0 Å². The standard InChI is InChI=1S/C15H23NO3/c1-5-19-11-15(17)16(3)12(2)10-13-8-6-7-9-14(13)18-4/h6-9,12H,5,10-11H2,1-4H3. The van der Waals surface area contributed by atoms with Crippen LogP contribution in [0.25, 0.3) is 0 Å². The van der Waals surface area contributed by atoms with E-state index in [2.05, 4.69) is 0 Å². The number of rotatable bonds is 7. The second kappa shape index (κ2) is 7.79. The molecule has 0 aliphatic heterocycles. The van der Waals surface area contributed by atoms with Gasteiger partial charge in [-0.25, -0.2) is 0 Å². The van der Waals surface area contributed by atoms with Crippen molar-refractivity contribution < 1.29 is 14.3 Å². The van der Waals surface area contributed by atoms with Gasteiger partial charge in [0.25, 0.3) is 0 Å². The molecule has 4 heteroatoms. The summed E-state index contributed by atoms with van der Waals surface area (Å²) >= 11 is 0. The number of ether oxygens (including phenoxy) is 2. The summed E-state index contributed by atoms with van der Waals surface area (Å²) in [7, 11) is 3.47. The van der Waals surface area contributed by atoms with Crippen LogP contribution in [0, 0.1) is 0 Å². The van der Waals surface area contributed by atoms with Crippen molar-refractivity contribution in [2.24, 2.45) is 0 Å². The quantitative estimate of drug-likeness (QED) is 0.758. The molecule has 0 radical (unpaired) electrons. The predicted molar refractivity (Wildman–Crippen MR) is 75.4 cm³/mol. The number of hydrogen-bond acceptors (Lipinski definition) is 3. The fourth-order valence-electron chi connectivity index (χ4n) is 1.86. The Morgan fingerprint density at radius 1 is 1.37 bits per heavy atom. The topological polar surface area (TPSA) is 38.8 Å². The van der Waals surface area contributed by atoms with Gasteiger partial charge in [-0.1, -0.05) is 18.2 Å². The number of methoxy groups -OCH3 is 1. The molecule has 1 aromatic rings. The summed E-state index contributed by atoms with van der Waals surface area (Å²) in [5, 5.41) is 0. The Balaban J connectivity index is 2.63. The highest BCUT2D eigenvalue weighted by Gasteiger charge is 2.17. The van der Waals surface area contributed by atoms with Crippen molar-refractivity contribution in [2.75, 3.05) is 27.4 Å². The van der Waals surface area contributed by atoms with E-state index in [1.54, 1.807) is 19.1 Å². The number of benzene rings is 1. The van der Waals surface area contributed by atoms with Crippen LogP contribution in [0.1, 0.15) is 19.4 Å². The molecule has 106 valence electrons. The van der Waals surface area contributed by atoms with Gasteiger partial charge in [-0.15, -0.1) is 0 Å². The Morgan fingerprint density at radius 2 is 2.05 bits per heavy atom. The molecule has 0 saturated heterocycles. The summed E-state index contributed by atoms with van der Waals surface area (Å²) in [6.07, 6.45) is 0.762. The molecule has 0 saturated carbocycles. The molecule has 0 bridgehead atoms. The number of para-hydroxylation sites is 1. The van der Waals surface area contributed by atoms with Gasteiger partial charge in [0.05, 0.1) is 7.11 Å². The Hall–Kier alpha value is -1.55. The van der Waals surface area contributed by atoms with E-state index in [4.69, 9.17) is 9.47 Å². The molecule has 0 N–H and O–H groups in total. The molecule has 1 rings (SSSR count). The highest BCUT2D eigenvalue weighted by Crippen LogP contribution is 2.20. The minimum absolute atomic E-state index is 0.00393. The number of carbonyl (C=O) groups is 1. The van der Waals surface area contributed by atoms with Crippen molar-refractivity contribution in [1.82, 2.24) is 4.90 Å². The molecule has 0 aromatic heterocycles. The molecule has 1 atom stereocenters. The number of amides is 1. The zero-order valence-corrected chi connectivity index (χ0v) is 12.2. The zero-order chi connectivity index (χ0) is 14.3. The second-order valence-electron chi connectivity index (χ2n) is 4.51. The van der Waals surface area contributed by atoms with Crippen LogP contribution in [0.4, 0.5) is 0 Å².